The number of para-hydroxylation sites is 1. The number of methoxy groups -OCH3 is 2. The van der Waals surface area contributed by atoms with Crippen LogP contribution in [0.2, 0.25) is 0 Å². The van der Waals surface area contributed by atoms with E-state index in [1.807, 2.05) is 12.1 Å². The van der Waals surface area contributed by atoms with Crippen LogP contribution in [-0.4, -0.2) is 41.6 Å². The summed E-state index contributed by atoms with van der Waals surface area (Å²) in [6.45, 7) is 2.00. The summed E-state index contributed by atoms with van der Waals surface area (Å²) in [6.07, 6.45) is 0. The zero-order valence-corrected chi connectivity index (χ0v) is 12.4. The maximum absolute atomic E-state index is 11.7. The maximum atomic E-state index is 11.7. The summed E-state index contributed by atoms with van der Waals surface area (Å²) >= 11 is 0. The average molecular weight is 291 g/mol. The summed E-state index contributed by atoms with van der Waals surface area (Å²) in [5, 5.41) is 4.07. The lowest BCUT2D eigenvalue weighted by atomic mass is 10.1. The highest BCUT2D eigenvalue weighted by Crippen LogP contribution is 2.36. The van der Waals surface area contributed by atoms with Crippen molar-refractivity contribution in [1.82, 2.24) is 14.8 Å². The molecule has 7 nitrogen and oxygen atoms in total. The van der Waals surface area contributed by atoms with E-state index in [1.54, 1.807) is 34.3 Å². The van der Waals surface area contributed by atoms with Crippen LogP contribution in [0.25, 0.3) is 11.4 Å². The van der Waals surface area contributed by atoms with Crippen molar-refractivity contribution in [3.63, 3.8) is 0 Å². The van der Waals surface area contributed by atoms with Crippen LogP contribution in [0, 0.1) is 0 Å². The van der Waals surface area contributed by atoms with Gasteiger partial charge >= 0.3 is 5.97 Å². The van der Waals surface area contributed by atoms with Crippen LogP contribution in [0.5, 0.6) is 11.5 Å². The van der Waals surface area contributed by atoms with E-state index in [-0.39, 0.29) is 12.4 Å². The lowest BCUT2D eigenvalue weighted by molar-refractivity contribution is 0.0512. The number of carbonyl (C=O) groups excluding carboxylic acids is 1. The highest BCUT2D eigenvalue weighted by Gasteiger charge is 2.20. The Kier molecular flexibility index (Phi) is 4.42. The molecule has 0 aliphatic rings. The van der Waals surface area contributed by atoms with Gasteiger partial charge in [-0.2, -0.15) is 0 Å². The lowest BCUT2D eigenvalue weighted by Crippen LogP contribution is -2.07. The van der Waals surface area contributed by atoms with E-state index >= 15 is 0 Å². The van der Waals surface area contributed by atoms with Crippen molar-refractivity contribution in [2.75, 3.05) is 20.8 Å². The van der Waals surface area contributed by atoms with Gasteiger partial charge in [0.05, 0.1) is 26.4 Å². The fourth-order valence-electron chi connectivity index (χ4n) is 1.96. The van der Waals surface area contributed by atoms with Crippen molar-refractivity contribution in [3.05, 3.63) is 24.0 Å². The van der Waals surface area contributed by atoms with Crippen LogP contribution >= 0.6 is 0 Å². The summed E-state index contributed by atoms with van der Waals surface area (Å²) in [6, 6.07) is 5.42. The van der Waals surface area contributed by atoms with Crippen molar-refractivity contribution in [2.24, 2.45) is 7.05 Å². The Bertz CT molecular complexity index is 652. The van der Waals surface area contributed by atoms with Crippen molar-refractivity contribution in [1.29, 1.82) is 0 Å². The molecule has 0 saturated carbocycles. The van der Waals surface area contributed by atoms with Crippen LogP contribution in [-0.2, 0) is 11.8 Å². The predicted molar refractivity (Wildman–Crippen MR) is 75.5 cm³/mol. The first-order valence-electron chi connectivity index (χ1n) is 6.41. The van der Waals surface area contributed by atoms with E-state index < -0.39 is 5.97 Å². The largest absolute Gasteiger partial charge is 0.493 e. The first-order chi connectivity index (χ1) is 10.1. The fourth-order valence-corrected chi connectivity index (χ4v) is 1.96. The van der Waals surface area contributed by atoms with E-state index in [4.69, 9.17) is 14.2 Å². The topological polar surface area (TPSA) is 75.5 Å². The van der Waals surface area contributed by atoms with Crippen molar-refractivity contribution in [3.8, 4) is 22.9 Å². The number of nitrogens with zero attached hydrogens (tertiary/aromatic N) is 3. The van der Waals surface area contributed by atoms with Gasteiger partial charge in [0.1, 0.15) is 0 Å². The molecule has 0 aliphatic carbocycles. The normalized spacial score (nSPS) is 10.3. The number of rotatable bonds is 5. The molecule has 0 unspecified atom stereocenters. The van der Waals surface area contributed by atoms with Gasteiger partial charge in [-0.15, -0.1) is 5.10 Å². The van der Waals surface area contributed by atoms with Crippen molar-refractivity contribution in [2.45, 2.75) is 6.92 Å². The molecule has 0 fully saturated rings. The van der Waals surface area contributed by atoms with Crippen LogP contribution in [0.15, 0.2) is 18.2 Å². The monoisotopic (exact) mass is 291 g/mol. The summed E-state index contributed by atoms with van der Waals surface area (Å²) in [5.74, 6) is 1.07. The first kappa shape index (κ1) is 14.8. The number of hydrogen-bond acceptors (Lipinski definition) is 6. The van der Waals surface area contributed by atoms with Gasteiger partial charge in [-0.3, -0.25) is 0 Å². The minimum absolute atomic E-state index is 0.0132. The van der Waals surface area contributed by atoms with E-state index in [0.29, 0.717) is 22.9 Å². The summed E-state index contributed by atoms with van der Waals surface area (Å²) in [7, 11) is 4.80. The van der Waals surface area contributed by atoms with Gasteiger partial charge in [0.15, 0.2) is 17.3 Å². The zero-order valence-electron chi connectivity index (χ0n) is 12.4. The number of esters is 1. The molecule has 0 saturated heterocycles. The smallest absolute Gasteiger partial charge is 0.378 e. The number of carbonyl (C=O) groups is 1. The zero-order chi connectivity index (χ0) is 15.4. The Balaban J connectivity index is 2.50. The number of aromatic nitrogens is 3. The molecule has 0 atom stereocenters. The van der Waals surface area contributed by atoms with Gasteiger partial charge in [-0.05, 0) is 19.1 Å². The second-order valence-electron chi connectivity index (χ2n) is 4.14. The quantitative estimate of drug-likeness (QED) is 0.780. The standard InChI is InChI=1S/C14H17N3O4/c1-5-21-14(18)12-15-13(17(2)16-12)9-7-6-8-10(19-3)11(9)20-4/h6-8H,5H2,1-4H3. The highest BCUT2D eigenvalue weighted by molar-refractivity contribution is 5.86. The number of aryl methyl sites for hydroxylation is 1. The third-order valence-corrected chi connectivity index (χ3v) is 2.86. The van der Waals surface area contributed by atoms with Gasteiger partial charge in [-0.25, -0.2) is 14.5 Å². The van der Waals surface area contributed by atoms with Gasteiger partial charge < -0.3 is 14.2 Å². The summed E-state index contributed by atoms with van der Waals surface area (Å²) < 4.78 is 17.0. The Hall–Kier alpha value is -2.57. The van der Waals surface area contributed by atoms with E-state index in [0.717, 1.165) is 0 Å². The Morgan fingerprint density at radius 2 is 2.05 bits per heavy atom. The second kappa shape index (κ2) is 6.25. The highest BCUT2D eigenvalue weighted by atomic mass is 16.5. The average Bonchev–Trinajstić information content (AvgIpc) is 2.88. The molecule has 0 radical (unpaired) electrons. The molecule has 1 aromatic carbocycles. The number of benzene rings is 1. The van der Waals surface area contributed by atoms with Gasteiger partial charge in [0.2, 0.25) is 0 Å². The van der Waals surface area contributed by atoms with Gasteiger partial charge in [0.25, 0.3) is 5.82 Å². The molecule has 0 amide bonds. The number of ether oxygens (including phenoxy) is 3. The molecule has 0 N–H and O–H groups in total. The molecule has 2 rings (SSSR count). The van der Waals surface area contributed by atoms with Crippen LogP contribution in [0.3, 0.4) is 0 Å². The molecule has 2 aromatic rings. The minimum Gasteiger partial charge on any atom is -0.493 e. The van der Waals surface area contributed by atoms with Crippen molar-refractivity contribution >= 4 is 5.97 Å². The molecule has 7 heteroatoms. The summed E-state index contributed by atoms with van der Waals surface area (Å²) in [4.78, 5) is 15.9. The van der Waals surface area contributed by atoms with Crippen LogP contribution < -0.4 is 9.47 Å². The van der Waals surface area contributed by atoms with Gasteiger partial charge in [0, 0.05) is 7.05 Å². The van der Waals surface area contributed by atoms with Crippen LogP contribution in [0.4, 0.5) is 0 Å². The third kappa shape index (κ3) is 2.81. The summed E-state index contributed by atoms with van der Waals surface area (Å²) in [5.41, 5.74) is 0.683. The second-order valence-corrected chi connectivity index (χ2v) is 4.14. The molecule has 0 spiro atoms. The fraction of sp³-hybridized carbons (Fsp3) is 0.357. The van der Waals surface area contributed by atoms with E-state index in [9.17, 15) is 4.79 Å². The predicted octanol–water partition coefficient (Wildman–Crippen LogP) is 1.68. The molecule has 0 bridgehead atoms. The number of hydrogen-bond donors (Lipinski definition) is 0. The molecule has 1 aromatic heterocycles. The van der Waals surface area contributed by atoms with E-state index in [1.165, 1.54) is 4.68 Å². The van der Waals surface area contributed by atoms with Crippen molar-refractivity contribution < 1.29 is 19.0 Å². The lowest BCUT2D eigenvalue weighted by Gasteiger charge is -2.11. The molecular formula is C14H17N3O4. The Labute approximate surface area is 122 Å². The minimum atomic E-state index is -0.554. The van der Waals surface area contributed by atoms with E-state index in [2.05, 4.69) is 10.1 Å². The first-order valence-corrected chi connectivity index (χ1v) is 6.41. The molecule has 1 heterocycles. The maximum Gasteiger partial charge on any atom is 0.378 e. The molecule has 21 heavy (non-hydrogen) atoms. The SMILES string of the molecule is CCOC(=O)c1nc(-c2cccc(OC)c2OC)n(C)n1. The van der Waals surface area contributed by atoms with Crippen LogP contribution in [0.1, 0.15) is 17.5 Å². The Morgan fingerprint density at radius 1 is 1.29 bits per heavy atom. The molecular weight excluding hydrogens is 274 g/mol. The molecule has 112 valence electrons. The van der Waals surface area contributed by atoms with Gasteiger partial charge in [-0.1, -0.05) is 6.07 Å². The Morgan fingerprint density at radius 3 is 2.67 bits per heavy atom. The molecule has 0 aliphatic heterocycles. The third-order valence-electron chi connectivity index (χ3n) is 2.86.